The van der Waals surface area contributed by atoms with Crippen LogP contribution < -0.4 is 15.2 Å². The van der Waals surface area contributed by atoms with Crippen LogP contribution in [0.1, 0.15) is 42.2 Å². The lowest BCUT2D eigenvalue weighted by atomic mass is 9.67. The van der Waals surface area contributed by atoms with Gasteiger partial charge in [0, 0.05) is 28.2 Å². The maximum atomic E-state index is 13.3. The number of esters is 1. The Bertz CT molecular complexity index is 1080. The molecule has 1 aliphatic carbocycles. The van der Waals surface area contributed by atoms with Crippen molar-refractivity contribution < 1.29 is 14.3 Å². The molecule has 0 N–H and O–H groups in total. The first-order valence-corrected chi connectivity index (χ1v) is 15.4. The predicted octanol–water partition coefficient (Wildman–Crippen LogP) is 4.23. The lowest BCUT2D eigenvalue weighted by molar-refractivity contribution is 0.0513. The van der Waals surface area contributed by atoms with Gasteiger partial charge < -0.3 is 14.4 Å². The Morgan fingerprint density at radius 2 is 1.94 bits per heavy atom. The Morgan fingerprint density at radius 3 is 2.55 bits per heavy atom. The average molecular weight is 470 g/mol. The quantitative estimate of drug-likeness (QED) is 0.446. The van der Waals surface area contributed by atoms with Gasteiger partial charge in [0.2, 0.25) is 11.7 Å². The minimum absolute atomic E-state index is 0.0396. The molecule has 7 nitrogen and oxygen atoms in total. The zero-order valence-corrected chi connectivity index (χ0v) is 21.4. The van der Waals surface area contributed by atoms with E-state index in [1.54, 1.807) is 14.0 Å². The van der Waals surface area contributed by atoms with Crippen LogP contribution in [0.25, 0.3) is 0 Å². The molecule has 8 heteroatoms. The van der Waals surface area contributed by atoms with Gasteiger partial charge in [0.15, 0.2) is 5.69 Å². The summed E-state index contributed by atoms with van der Waals surface area (Å²) in [5.74, 6) is -0.161. The lowest BCUT2D eigenvalue weighted by Crippen LogP contribution is -2.49. The largest absolute Gasteiger partial charge is 0.481 e. The molecule has 33 heavy (non-hydrogen) atoms. The van der Waals surface area contributed by atoms with Crippen LogP contribution in [0.3, 0.4) is 0 Å². The van der Waals surface area contributed by atoms with Gasteiger partial charge in [-0.15, -0.1) is 0 Å². The number of carbonyl (C=O) groups excluding carboxylic acids is 1. The van der Waals surface area contributed by atoms with E-state index in [-0.39, 0.29) is 30.2 Å². The third-order valence-electron chi connectivity index (χ3n) is 7.30. The molecule has 2 atom stereocenters. The maximum absolute atomic E-state index is 13.3. The van der Waals surface area contributed by atoms with E-state index < -0.39 is 14.0 Å². The second kappa shape index (κ2) is 8.97. The molecule has 2 fully saturated rings. The van der Waals surface area contributed by atoms with E-state index in [1.165, 1.54) is 17.4 Å². The van der Waals surface area contributed by atoms with Gasteiger partial charge in [-0.2, -0.15) is 0 Å². The summed E-state index contributed by atoms with van der Waals surface area (Å²) in [6.07, 6.45) is 3.64. The number of ether oxygens (including phenoxy) is 2. The normalized spacial score (nSPS) is 22.3. The first-order chi connectivity index (χ1) is 15.7. The molecule has 4 rings (SSSR count). The van der Waals surface area contributed by atoms with Crippen molar-refractivity contribution in [3.8, 4) is 5.75 Å². The van der Waals surface area contributed by atoms with E-state index in [4.69, 9.17) is 9.47 Å². The van der Waals surface area contributed by atoms with Crippen LogP contribution in [-0.2, 0) is 18.4 Å². The number of anilines is 1. The first-order valence-electron chi connectivity index (χ1n) is 11.9. The Balaban J connectivity index is 1.66. The van der Waals surface area contributed by atoms with Gasteiger partial charge in [0.1, 0.15) is 6.61 Å². The summed E-state index contributed by atoms with van der Waals surface area (Å²) in [7, 11) is 0.438. The third kappa shape index (κ3) is 4.45. The van der Waals surface area contributed by atoms with Crippen molar-refractivity contribution in [2.24, 2.45) is 12.5 Å². The van der Waals surface area contributed by atoms with Crippen molar-refractivity contribution in [3.05, 3.63) is 51.9 Å². The Kier molecular flexibility index (Phi) is 6.40. The van der Waals surface area contributed by atoms with Gasteiger partial charge >= 0.3 is 5.97 Å². The van der Waals surface area contributed by atoms with Gasteiger partial charge in [0.05, 0.1) is 6.61 Å². The monoisotopic (exact) mass is 469 g/mol. The number of carbonyl (C=O) groups is 1. The van der Waals surface area contributed by atoms with E-state index >= 15 is 0 Å². The molecule has 0 bridgehead atoms. The zero-order valence-electron chi connectivity index (χ0n) is 20.4. The Morgan fingerprint density at radius 1 is 1.21 bits per heavy atom. The van der Waals surface area contributed by atoms with E-state index in [2.05, 4.69) is 29.5 Å². The molecular formula is C25H35N3O4Si. The van der Waals surface area contributed by atoms with Gasteiger partial charge in [-0.25, -0.2) is 9.78 Å². The van der Waals surface area contributed by atoms with Gasteiger partial charge in [0.25, 0.3) is 5.56 Å². The minimum atomic E-state index is -1.27. The Hall–Kier alpha value is -2.61. The number of aromatic nitrogens is 2. The molecule has 1 aliphatic heterocycles. The molecule has 2 aromatic rings. The van der Waals surface area contributed by atoms with Crippen LogP contribution in [0.5, 0.6) is 5.75 Å². The van der Waals surface area contributed by atoms with Crippen molar-refractivity contribution in [1.82, 2.24) is 9.55 Å². The van der Waals surface area contributed by atoms with Gasteiger partial charge in [-0.1, -0.05) is 56.4 Å². The summed E-state index contributed by atoms with van der Waals surface area (Å²) in [6, 6.07) is 9.55. The molecule has 1 saturated heterocycles. The fourth-order valence-electron chi connectivity index (χ4n) is 5.65. The highest BCUT2D eigenvalue weighted by molar-refractivity contribution is 6.77. The molecule has 2 heterocycles. The van der Waals surface area contributed by atoms with E-state index in [1.807, 2.05) is 30.3 Å². The number of hydrogen-bond acceptors (Lipinski definition) is 6. The van der Waals surface area contributed by atoms with Crippen molar-refractivity contribution in [3.63, 3.8) is 0 Å². The molecule has 1 aromatic carbocycles. The fraction of sp³-hybridized carbons (Fsp3) is 0.560. The summed E-state index contributed by atoms with van der Waals surface area (Å²) in [5, 5.41) is 0. The van der Waals surface area contributed by atoms with Gasteiger partial charge in [-0.05, 0) is 36.3 Å². The van der Waals surface area contributed by atoms with E-state index in [0.717, 1.165) is 30.6 Å². The molecule has 1 spiro atoms. The molecule has 2 aliphatic rings. The van der Waals surface area contributed by atoms with Crippen LogP contribution in [0.4, 0.5) is 5.95 Å². The fourth-order valence-corrected chi connectivity index (χ4v) is 8.88. The predicted molar refractivity (Wildman–Crippen MR) is 132 cm³/mol. The highest BCUT2D eigenvalue weighted by Gasteiger charge is 2.55. The van der Waals surface area contributed by atoms with Crippen LogP contribution in [-0.4, -0.2) is 43.3 Å². The van der Waals surface area contributed by atoms with Gasteiger partial charge in [-0.3, -0.25) is 9.36 Å². The molecule has 1 saturated carbocycles. The molecule has 2 unspecified atom stereocenters. The highest BCUT2D eigenvalue weighted by Crippen LogP contribution is 2.60. The topological polar surface area (TPSA) is 73.7 Å². The summed E-state index contributed by atoms with van der Waals surface area (Å²) in [5.41, 5.74) is 1.60. The van der Waals surface area contributed by atoms with E-state index in [0.29, 0.717) is 11.4 Å². The Labute approximate surface area is 196 Å². The van der Waals surface area contributed by atoms with Crippen molar-refractivity contribution in [2.75, 3.05) is 24.6 Å². The van der Waals surface area contributed by atoms with Crippen molar-refractivity contribution in [2.45, 2.75) is 58.0 Å². The standard InChI is InChI=1S/C25H35N3O4Si/c1-6-31-23(30)20-21(32-16-18-10-8-7-9-11-18)22(29)27(2)24(26-20)28-15-14-25(17-28)13-12-19(25)33(3,4)5/h7-11,19H,6,12-17H2,1-5H3. The molecular weight excluding hydrogens is 434 g/mol. The maximum Gasteiger partial charge on any atom is 0.361 e. The minimum Gasteiger partial charge on any atom is -0.481 e. The van der Waals surface area contributed by atoms with Crippen LogP contribution in [0.2, 0.25) is 25.2 Å². The average Bonchev–Trinajstić information content (AvgIpc) is 3.21. The van der Waals surface area contributed by atoms with Crippen LogP contribution in [0, 0.1) is 5.41 Å². The third-order valence-corrected chi connectivity index (χ3v) is 10.3. The number of nitrogens with zero attached hydrogens (tertiary/aromatic N) is 3. The van der Waals surface area contributed by atoms with Crippen molar-refractivity contribution >= 4 is 20.0 Å². The summed E-state index contributed by atoms with van der Waals surface area (Å²) in [6.45, 7) is 11.2. The number of benzene rings is 1. The van der Waals surface area contributed by atoms with Crippen LogP contribution >= 0.6 is 0 Å². The molecule has 0 radical (unpaired) electrons. The number of rotatable bonds is 7. The molecule has 0 amide bonds. The van der Waals surface area contributed by atoms with Crippen molar-refractivity contribution in [1.29, 1.82) is 0 Å². The second-order valence-corrected chi connectivity index (χ2v) is 15.9. The first kappa shape index (κ1) is 23.5. The summed E-state index contributed by atoms with van der Waals surface area (Å²) < 4.78 is 12.6. The van der Waals surface area contributed by atoms with Crippen LogP contribution in [0.15, 0.2) is 35.1 Å². The van der Waals surface area contributed by atoms with E-state index in [9.17, 15) is 9.59 Å². The lowest BCUT2D eigenvalue weighted by Gasteiger charge is -2.53. The summed E-state index contributed by atoms with van der Waals surface area (Å²) >= 11 is 0. The second-order valence-electron chi connectivity index (χ2n) is 10.4. The zero-order chi connectivity index (χ0) is 23.8. The highest BCUT2D eigenvalue weighted by atomic mass is 28.3. The SMILES string of the molecule is CCOC(=O)c1nc(N2CCC3(CCC3[Si](C)(C)C)C2)n(C)c(=O)c1OCc1ccccc1. The molecule has 1 aromatic heterocycles. The number of hydrogen-bond donors (Lipinski definition) is 0. The smallest absolute Gasteiger partial charge is 0.361 e. The molecule has 178 valence electrons. The summed E-state index contributed by atoms with van der Waals surface area (Å²) in [4.78, 5) is 32.9.